The van der Waals surface area contributed by atoms with Gasteiger partial charge in [-0.05, 0) is 42.9 Å². The second-order valence-electron chi connectivity index (χ2n) is 9.16. The van der Waals surface area contributed by atoms with Crippen LogP contribution in [-0.4, -0.2) is 80.2 Å². The number of carbonyl (C=O) groups is 6. The molecule has 0 spiro atoms. The van der Waals surface area contributed by atoms with Crippen molar-refractivity contribution in [2.75, 3.05) is 0 Å². The first-order valence-corrected chi connectivity index (χ1v) is 11.8. The highest BCUT2D eigenvalue weighted by molar-refractivity contribution is 5.95. The number of aromatic hydroxyl groups is 1. The van der Waals surface area contributed by atoms with Crippen LogP contribution in [0.2, 0.25) is 0 Å². The van der Waals surface area contributed by atoms with Crippen LogP contribution >= 0.6 is 0 Å². The minimum atomic E-state index is -1.60. The van der Waals surface area contributed by atoms with Crippen molar-refractivity contribution in [2.45, 2.75) is 70.1 Å². The fourth-order valence-electron chi connectivity index (χ4n) is 3.41. The number of hydrogen-bond acceptors (Lipinski definition) is 8. The van der Waals surface area contributed by atoms with Crippen LogP contribution in [0, 0.1) is 5.92 Å². The molecule has 0 saturated heterocycles. The lowest BCUT2D eigenvalue weighted by Gasteiger charge is -2.25. The second kappa shape index (κ2) is 15.1. The van der Waals surface area contributed by atoms with Gasteiger partial charge in [-0.15, -0.1) is 0 Å². The van der Waals surface area contributed by atoms with Crippen molar-refractivity contribution in [3.63, 3.8) is 0 Å². The van der Waals surface area contributed by atoms with Gasteiger partial charge in [0, 0.05) is 6.42 Å². The minimum Gasteiger partial charge on any atom is -0.508 e. The van der Waals surface area contributed by atoms with E-state index in [4.69, 9.17) is 10.8 Å². The molecule has 1 rings (SSSR count). The van der Waals surface area contributed by atoms with E-state index in [9.17, 15) is 44.1 Å². The maximum absolute atomic E-state index is 12.9. The average molecular weight is 539 g/mol. The number of nitrogens with one attached hydrogen (secondary N) is 3. The Kier molecular flexibility index (Phi) is 12.7. The van der Waals surface area contributed by atoms with Crippen LogP contribution < -0.4 is 21.7 Å². The molecule has 0 aliphatic carbocycles. The lowest BCUT2D eigenvalue weighted by molar-refractivity contribution is -0.144. The molecule has 0 radical (unpaired) electrons. The van der Waals surface area contributed by atoms with Crippen molar-refractivity contribution in [2.24, 2.45) is 11.7 Å². The summed E-state index contributed by atoms with van der Waals surface area (Å²) >= 11 is 0. The Hall–Kier alpha value is -4.20. The molecule has 9 N–H and O–H groups in total. The summed E-state index contributed by atoms with van der Waals surface area (Å²) in [7, 11) is 0. The van der Waals surface area contributed by atoms with Crippen molar-refractivity contribution in [1.29, 1.82) is 0 Å². The van der Waals surface area contributed by atoms with E-state index in [1.54, 1.807) is 26.0 Å². The van der Waals surface area contributed by atoms with Crippen LogP contribution in [0.4, 0.5) is 0 Å². The van der Waals surface area contributed by atoms with E-state index in [2.05, 4.69) is 16.0 Å². The van der Waals surface area contributed by atoms with Gasteiger partial charge in [0.2, 0.25) is 17.7 Å². The highest BCUT2D eigenvalue weighted by Gasteiger charge is 2.32. The fourth-order valence-corrected chi connectivity index (χ4v) is 3.41. The first-order chi connectivity index (χ1) is 17.7. The van der Waals surface area contributed by atoms with E-state index in [-0.39, 0.29) is 24.5 Å². The summed E-state index contributed by atoms with van der Waals surface area (Å²) in [6.45, 7) is 3.45. The number of rotatable bonds is 16. The van der Waals surface area contributed by atoms with Gasteiger partial charge >= 0.3 is 17.9 Å². The normalized spacial score (nSPS) is 14.0. The van der Waals surface area contributed by atoms with Gasteiger partial charge in [0.15, 0.2) is 0 Å². The largest absolute Gasteiger partial charge is 0.508 e. The lowest BCUT2D eigenvalue weighted by atomic mass is 10.0. The van der Waals surface area contributed by atoms with Gasteiger partial charge in [-0.2, -0.15) is 0 Å². The van der Waals surface area contributed by atoms with Gasteiger partial charge in [0.05, 0.1) is 12.5 Å². The van der Waals surface area contributed by atoms with Crippen LogP contribution in [0.5, 0.6) is 5.75 Å². The molecule has 0 heterocycles. The van der Waals surface area contributed by atoms with Gasteiger partial charge in [-0.25, -0.2) is 4.79 Å². The molecule has 38 heavy (non-hydrogen) atoms. The smallest absolute Gasteiger partial charge is 0.326 e. The molecule has 0 aliphatic heterocycles. The summed E-state index contributed by atoms with van der Waals surface area (Å²) < 4.78 is 0. The molecular formula is C24H34N4O10. The Bertz CT molecular complexity index is 1010. The van der Waals surface area contributed by atoms with E-state index in [1.165, 1.54) is 12.1 Å². The number of carboxylic acids is 3. The predicted molar refractivity (Wildman–Crippen MR) is 132 cm³/mol. The predicted octanol–water partition coefficient (Wildman–Crippen LogP) is -0.813. The highest BCUT2D eigenvalue weighted by atomic mass is 16.4. The highest BCUT2D eigenvalue weighted by Crippen LogP contribution is 2.12. The Morgan fingerprint density at radius 1 is 0.789 bits per heavy atom. The molecule has 4 atom stereocenters. The van der Waals surface area contributed by atoms with Crippen molar-refractivity contribution < 1.29 is 49.2 Å². The van der Waals surface area contributed by atoms with E-state index in [0.29, 0.717) is 5.56 Å². The monoisotopic (exact) mass is 538 g/mol. The zero-order valence-corrected chi connectivity index (χ0v) is 21.0. The van der Waals surface area contributed by atoms with E-state index in [0.717, 1.165) is 0 Å². The molecule has 210 valence electrons. The number of phenols is 1. The van der Waals surface area contributed by atoms with Crippen LogP contribution in [0.3, 0.4) is 0 Å². The Labute approximate surface area is 218 Å². The molecule has 1 aromatic carbocycles. The molecule has 14 nitrogen and oxygen atoms in total. The van der Waals surface area contributed by atoms with Crippen LogP contribution in [-0.2, 0) is 35.2 Å². The first kappa shape index (κ1) is 31.8. The number of carbonyl (C=O) groups excluding carboxylic acids is 3. The van der Waals surface area contributed by atoms with Crippen molar-refractivity contribution in [3.05, 3.63) is 29.8 Å². The molecule has 14 heteroatoms. The van der Waals surface area contributed by atoms with Gasteiger partial charge in [-0.1, -0.05) is 26.0 Å². The third-order valence-electron chi connectivity index (χ3n) is 5.34. The summed E-state index contributed by atoms with van der Waals surface area (Å²) in [5.74, 6) is -7.03. The lowest BCUT2D eigenvalue weighted by Crippen LogP contribution is -2.57. The number of carboxylic acid groups (broad SMARTS) is 3. The topological polar surface area (TPSA) is 245 Å². The zero-order chi connectivity index (χ0) is 29.0. The standard InChI is InChI=1S/C24H34N4O10/c1-12(2)9-17(22(35)26-16(24(37)38)7-8-19(30)31)28-23(36)18(11-20(32)33)27-21(34)15(25)10-13-3-5-14(29)6-4-13/h3-6,12,15-18,29H,7-11,25H2,1-2H3,(H,26,35)(H,27,34)(H,28,36)(H,30,31)(H,32,33)(H,37,38). The number of aliphatic carboxylic acids is 3. The van der Waals surface area contributed by atoms with Crippen molar-refractivity contribution >= 4 is 35.6 Å². The van der Waals surface area contributed by atoms with Gasteiger partial charge < -0.3 is 42.1 Å². The third-order valence-corrected chi connectivity index (χ3v) is 5.34. The van der Waals surface area contributed by atoms with Crippen LogP contribution in [0.15, 0.2) is 24.3 Å². The number of phenolic OH excluding ortho intramolecular Hbond substituents is 1. The molecule has 0 aliphatic rings. The fraction of sp³-hybridized carbons (Fsp3) is 0.500. The van der Waals surface area contributed by atoms with Gasteiger partial charge in [0.1, 0.15) is 23.9 Å². The third kappa shape index (κ3) is 11.7. The summed E-state index contributed by atoms with van der Waals surface area (Å²) in [6.07, 6.45) is -1.67. The van der Waals surface area contributed by atoms with E-state index in [1.807, 2.05) is 0 Å². The maximum atomic E-state index is 12.9. The van der Waals surface area contributed by atoms with Crippen LogP contribution in [0.25, 0.3) is 0 Å². The number of benzene rings is 1. The maximum Gasteiger partial charge on any atom is 0.326 e. The minimum absolute atomic E-state index is 0.0153. The molecule has 4 unspecified atom stereocenters. The average Bonchev–Trinajstić information content (AvgIpc) is 2.81. The molecule has 0 saturated carbocycles. The van der Waals surface area contributed by atoms with Gasteiger partial charge in [0.25, 0.3) is 0 Å². The quantitative estimate of drug-likeness (QED) is 0.129. The summed E-state index contributed by atoms with van der Waals surface area (Å²) in [4.78, 5) is 71.9. The van der Waals surface area contributed by atoms with Crippen molar-refractivity contribution in [3.8, 4) is 5.75 Å². The summed E-state index contributed by atoms with van der Waals surface area (Å²) in [6, 6.07) is 0.291. The molecule has 1 aromatic rings. The molecule has 0 aromatic heterocycles. The summed E-state index contributed by atoms with van der Waals surface area (Å²) in [5, 5.41) is 43.5. The van der Waals surface area contributed by atoms with Crippen LogP contribution in [0.1, 0.15) is 45.1 Å². The number of amides is 3. The van der Waals surface area contributed by atoms with E-state index < -0.39 is 79.1 Å². The Morgan fingerprint density at radius 2 is 1.32 bits per heavy atom. The zero-order valence-electron chi connectivity index (χ0n) is 21.0. The van der Waals surface area contributed by atoms with Crippen molar-refractivity contribution in [1.82, 2.24) is 16.0 Å². The Balaban J connectivity index is 2.97. The molecule has 0 bridgehead atoms. The van der Waals surface area contributed by atoms with Gasteiger partial charge in [-0.3, -0.25) is 24.0 Å². The summed E-state index contributed by atoms with van der Waals surface area (Å²) in [5.41, 5.74) is 6.51. The first-order valence-electron chi connectivity index (χ1n) is 11.8. The molecule has 3 amide bonds. The second-order valence-corrected chi connectivity index (χ2v) is 9.16. The number of nitrogens with two attached hydrogens (primary N) is 1. The van der Waals surface area contributed by atoms with E-state index >= 15 is 0 Å². The molecule has 0 fully saturated rings. The SMILES string of the molecule is CC(C)CC(NC(=O)C(CC(=O)O)NC(=O)C(N)Cc1ccc(O)cc1)C(=O)NC(CCC(=O)O)C(=O)O. The molecular weight excluding hydrogens is 504 g/mol. The Morgan fingerprint density at radius 3 is 1.82 bits per heavy atom. The number of hydrogen-bond donors (Lipinski definition) is 8.